The lowest BCUT2D eigenvalue weighted by Gasteiger charge is -2.42. The van der Waals surface area contributed by atoms with Crippen molar-refractivity contribution in [3.8, 4) is 11.3 Å². The summed E-state index contributed by atoms with van der Waals surface area (Å²) in [4.78, 5) is 31.2. The number of amides is 2. The summed E-state index contributed by atoms with van der Waals surface area (Å²) in [7, 11) is 0. The number of thiazole rings is 1. The van der Waals surface area contributed by atoms with Gasteiger partial charge in [0.1, 0.15) is 4.87 Å². The van der Waals surface area contributed by atoms with Crippen LogP contribution in [0.1, 0.15) is 51.6 Å². The van der Waals surface area contributed by atoms with Gasteiger partial charge in [-0.15, -0.1) is 23.1 Å². The highest BCUT2D eigenvalue weighted by atomic mass is 32.2. The predicted molar refractivity (Wildman–Crippen MR) is 136 cm³/mol. The Bertz CT molecular complexity index is 1140. The Kier molecular flexibility index (Phi) is 8.07. The molecule has 5 N–H and O–H groups in total. The summed E-state index contributed by atoms with van der Waals surface area (Å²) in [6.45, 7) is 4.19. The lowest BCUT2D eigenvalue weighted by atomic mass is 9.84. The van der Waals surface area contributed by atoms with Crippen LogP contribution < -0.4 is 5.43 Å². The number of aromatic nitrogens is 2. The summed E-state index contributed by atoms with van der Waals surface area (Å²) < 4.78 is 1.98. The molecule has 1 aliphatic carbocycles. The molecular formula is C24H32N4O4S2. The quantitative estimate of drug-likeness (QED) is 0.571. The van der Waals surface area contributed by atoms with Crippen molar-refractivity contribution in [1.82, 2.24) is 19.8 Å². The van der Waals surface area contributed by atoms with Crippen LogP contribution >= 0.6 is 23.1 Å². The largest absolute Gasteiger partial charge is 0.412 e. The number of hydrogen-bond donors (Lipinski definition) is 1. The van der Waals surface area contributed by atoms with Gasteiger partial charge in [0.15, 0.2) is 4.96 Å². The number of carbonyl (C=O) groups excluding carboxylic acids is 2. The van der Waals surface area contributed by atoms with E-state index in [1.165, 1.54) is 17.8 Å². The zero-order valence-corrected chi connectivity index (χ0v) is 21.0. The van der Waals surface area contributed by atoms with E-state index < -0.39 is 0 Å². The lowest BCUT2D eigenvalue weighted by Crippen LogP contribution is -2.56. The zero-order valence-electron chi connectivity index (χ0n) is 19.4. The Morgan fingerprint density at radius 3 is 2.59 bits per heavy atom. The number of carbonyl (C=O) groups is 2. The molecule has 1 saturated heterocycles. The van der Waals surface area contributed by atoms with Gasteiger partial charge in [-0.25, -0.2) is 9.99 Å². The molecule has 0 bridgehead atoms. The molecule has 2 amide bonds. The first-order valence-corrected chi connectivity index (χ1v) is 13.1. The number of hydrogen-bond acceptors (Lipinski definition) is 5. The summed E-state index contributed by atoms with van der Waals surface area (Å²) in [6.07, 6.45) is 7.48. The van der Waals surface area contributed by atoms with Gasteiger partial charge in [0.25, 0.3) is 5.91 Å². The summed E-state index contributed by atoms with van der Waals surface area (Å²) in [6, 6.07) is 10.0. The lowest BCUT2D eigenvalue weighted by molar-refractivity contribution is -0.144. The maximum Gasteiger partial charge on any atom is 0.255 e. The first-order chi connectivity index (χ1) is 15.5. The molecule has 2 aliphatic rings. The second-order valence-electron chi connectivity index (χ2n) is 8.82. The van der Waals surface area contributed by atoms with Gasteiger partial charge in [-0.1, -0.05) is 43.7 Å². The molecular weight excluding hydrogens is 472 g/mol. The molecule has 3 heterocycles. The Labute approximate surface area is 207 Å². The molecule has 5 rings (SSSR count). The molecule has 1 saturated carbocycles. The molecule has 1 unspecified atom stereocenters. The summed E-state index contributed by atoms with van der Waals surface area (Å²) in [5.74, 6) is 0.589. The predicted octanol–water partition coefficient (Wildman–Crippen LogP) is 3.25. The van der Waals surface area contributed by atoms with E-state index in [2.05, 4.69) is 12.3 Å². The summed E-state index contributed by atoms with van der Waals surface area (Å²) in [5, 5.41) is 3.52. The van der Waals surface area contributed by atoms with Crippen LogP contribution in [0, 0.1) is 5.92 Å². The molecule has 184 valence electrons. The SMILES string of the molecule is CCC1CCC2(CC1)SC(C)C(=O)N2NC(=O)Cc1csc2nc(-c3ccccc3)cn12.O.O. The third kappa shape index (κ3) is 4.72. The normalized spacial score (nSPS) is 24.2. The van der Waals surface area contributed by atoms with Crippen LogP contribution in [0.15, 0.2) is 41.9 Å². The van der Waals surface area contributed by atoms with Gasteiger partial charge < -0.3 is 11.0 Å². The van der Waals surface area contributed by atoms with Crippen molar-refractivity contribution in [2.75, 3.05) is 0 Å². The van der Waals surface area contributed by atoms with Gasteiger partial charge in [0.05, 0.1) is 17.4 Å². The van der Waals surface area contributed by atoms with E-state index in [4.69, 9.17) is 4.98 Å². The second-order valence-corrected chi connectivity index (χ2v) is 11.4. The Hall–Kier alpha value is -2.40. The number of imidazole rings is 1. The summed E-state index contributed by atoms with van der Waals surface area (Å²) in [5.41, 5.74) is 5.82. The molecule has 10 heteroatoms. The Balaban J connectivity index is 0.00000162. The van der Waals surface area contributed by atoms with Crippen LogP contribution in [0.5, 0.6) is 0 Å². The van der Waals surface area contributed by atoms with Gasteiger partial charge >= 0.3 is 0 Å². The van der Waals surface area contributed by atoms with E-state index in [9.17, 15) is 9.59 Å². The monoisotopic (exact) mass is 504 g/mol. The number of rotatable bonds is 5. The minimum atomic E-state index is -0.294. The molecule has 1 aromatic carbocycles. The van der Waals surface area contributed by atoms with Gasteiger partial charge in [-0.05, 0) is 38.5 Å². The zero-order chi connectivity index (χ0) is 22.3. The van der Waals surface area contributed by atoms with Crippen LogP contribution in [0.2, 0.25) is 0 Å². The number of nitrogens with zero attached hydrogens (tertiary/aromatic N) is 3. The van der Waals surface area contributed by atoms with Crippen LogP contribution in [-0.4, -0.2) is 47.3 Å². The minimum absolute atomic E-state index is 0. The van der Waals surface area contributed by atoms with Crippen molar-refractivity contribution >= 4 is 39.9 Å². The highest BCUT2D eigenvalue weighted by Gasteiger charge is 2.52. The molecule has 1 atom stereocenters. The fourth-order valence-electron chi connectivity index (χ4n) is 4.88. The van der Waals surface area contributed by atoms with Crippen molar-refractivity contribution in [2.24, 2.45) is 5.92 Å². The standard InChI is InChI=1S/C24H28N4O2S2.2H2O/c1-3-17-9-11-24(12-10-17)28(22(30)16(2)32-24)26-21(29)13-19-15-31-23-25-20(14-27(19)23)18-7-5-4-6-8-18;;/h4-8,14-17H,3,9-13H2,1-2H3,(H,26,29);2*1H2. The average Bonchev–Trinajstić information content (AvgIpc) is 3.45. The van der Waals surface area contributed by atoms with Crippen molar-refractivity contribution in [3.63, 3.8) is 0 Å². The molecule has 3 aromatic rings. The van der Waals surface area contributed by atoms with Crippen molar-refractivity contribution in [3.05, 3.63) is 47.6 Å². The van der Waals surface area contributed by atoms with Gasteiger partial charge in [-0.2, -0.15) is 0 Å². The van der Waals surface area contributed by atoms with Crippen LogP contribution in [0.4, 0.5) is 0 Å². The Morgan fingerprint density at radius 1 is 1.21 bits per heavy atom. The van der Waals surface area contributed by atoms with Crippen LogP contribution in [0.25, 0.3) is 16.2 Å². The number of nitrogens with one attached hydrogen (secondary N) is 1. The number of hydrazine groups is 1. The van der Waals surface area contributed by atoms with Crippen molar-refractivity contribution in [2.45, 2.75) is 62.5 Å². The van der Waals surface area contributed by atoms with Crippen LogP contribution in [-0.2, 0) is 16.0 Å². The fourth-order valence-corrected chi connectivity index (χ4v) is 7.33. The highest BCUT2D eigenvalue weighted by Crippen LogP contribution is 2.50. The average molecular weight is 505 g/mol. The smallest absolute Gasteiger partial charge is 0.255 e. The molecule has 1 spiro atoms. The second kappa shape index (κ2) is 10.5. The molecule has 2 aromatic heterocycles. The first kappa shape index (κ1) is 26.2. The first-order valence-electron chi connectivity index (χ1n) is 11.3. The minimum Gasteiger partial charge on any atom is -0.412 e. The Morgan fingerprint density at radius 2 is 1.91 bits per heavy atom. The van der Waals surface area contributed by atoms with E-state index >= 15 is 0 Å². The highest BCUT2D eigenvalue weighted by molar-refractivity contribution is 8.02. The third-order valence-electron chi connectivity index (χ3n) is 6.77. The van der Waals surface area contributed by atoms with Crippen LogP contribution in [0.3, 0.4) is 0 Å². The number of fused-ring (bicyclic) bond motifs is 1. The number of benzene rings is 1. The van der Waals surface area contributed by atoms with E-state index in [-0.39, 0.29) is 39.3 Å². The van der Waals surface area contributed by atoms with Gasteiger partial charge in [0, 0.05) is 22.8 Å². The van der Waals surface area contributed by atoms with Gasteiger partial charge in [0.2, 0.25) is 5.91 Å². The summed E-state index contributed by atoms with van der Waals surface area (Å²) >= 11 is 3.25. The van der Waals surface area contributed by atoms with Gasteiger partial charge in [-0.3, -0.25) is 19.4 Å². The van der Waals surface area contributed by atoms with E-state index in [0.29, 0.717) is 0 Å². The molecule has 2 fully saturated rings. The van der Waals surface area contributed by atoms with E-state index in [1.807, 2.05) is 53.2 Å². The maximum atomic E-state index is 13.0. The third-order valence-corrected chi connectivity index (χ3v) is 9.24. The number of thioether (sulfide) groups is 1. The van der Waals surface area contributed by atoms with Crippen molar-refractivity contribution in [1.29, 1.82) is 0 Å². The molecule has 8 nitrogen and oxygen atoms in total. The molecule has 34 heavy (non-hydrogen) atoms. The molecule has 0 radical (unpaired) electrons. The van der Waals surface area contributed by atoms with Crippen molar-refractivity contribution < 1.29 is 20.5 Å². The molecule has 1 aliphatic heterocycles. The fraction of sp³-hybridized carbons (Fsp3) is 0.458. The van der Waals surface area contributed by atoms with E-state index in [1.54, 1.807) is 16.8 Å². The maximum absolute atomic E-state index is 13.0. The topological polar surface area (TPSA) is 130 Å². The van der Waals surface area contributed by atoms with E-state index in [0.717, 1.165) is 53.5 Å².